The van der Waals surface area contributed by atoms with Gasteiger partial charge in [-0.15, -0.1) is 12.4 Å². The van der Waals surface area contributed by atoms with Gasteiger partial charge >= 0.3 is 0 Å². The number of rotatable bonds is 7. The Hall–Kier alpha value is -1.26. The molecule has 1 unspecified atom stereocenters. The number of nitrogens with zero attached hydrogens (tertiary/aromatic N) is 1. The maximum atomic E-state index is 12.9. The van der Waals surface area contributed by atoms with E-state index in [-0.39, 0.29) is 24.2 Å². The van der Waals surface area contributed by atoms with E-state index in [4.69, 9.17) is 4.74 Å². The Morgan fingerprint density at radius 3 is 2.62 bits per heavy atom. The summed E-state index contributed by atoms with van der Waals surface area (Å²) in [4.78, 5) is 15.0. The quantitative estimate of drug-likeness (QED) is 0.813. The lowest BCUT2D eigenvalue weighted by atomic mass is 9.95. The van der Waals surface area contributed by atoms with Gasteiger partial charge in [-0.25, -0.2) is 0 Å². The first-order valence-corrected chi connectivity index (χ1v) is 8.80. The van der Waals surface area contributed by atoms with Crippen LogP contribution in [0.4, 0.5) is 0 Å². The molecule has 0 spiro atoms. The normalized spacial score (nSPS) is 16.1. The van der Waals surface area contributed by atoms with E-state index in [0.29, 0.717) is 12.5 Å². The molecule has 1 N–H and O–H groups in total. The Bertz CT molecular complexity index is 504. The van der Waals surface area contributed by atoms with Crippen LogP contribution in [0.15, 0.2) is 24.3 Å². The summed E-state index contributed by atoms with van der Waals surface area (Å²) in [6.07, 6.45) is 3.69. The highest BCUT2D eigenvalue weighted by Crippen LogP contribution is 2.29. The number of carbonyl (C=O) groups is 1. The Morgan fingerprint density at radius 1 is 1.33 bits per heavy atom. The molecule has 2 rings (SSSR count). The number of ether oxygens (including phenoxy) is 1. The van der Waals surface area contributed by atoms with Gasteiger partial charge in [0.25, 0.3) is 0 Å². The SMILES string of the molecule is CCCN(C(=O)CC(C)c1ccccc1OC)C1CCNCC1.Cl. The molecule has 1 saturated heterocycles. The van der Waals surface area contributed by atoms with Crippen molar-refractivity contribution in [1.82, 2.24) is 10.2 Å². The zero-order valence-corrected chi connectivity index (χ0v) is 15.9. The molecule has 1 heterocycles. The molecule has 0 saturated carbocycles. The average molecular weight is 355 g/mol. The highest BCUT2D eigenvalue weighted by molar-refractivity contribution is 5.85. The van der Waals surface area contributed by atoms with E-state index >= 15 is 0 Å². The van der Waals surface area contributed by atoms with E-state index in [9.17, 15) is 4.79 Å². The summed E-state index contributed by atoms with van der Waals surface area (Å²) in [7, 11) is 1.69. The number of hydrogen-bond acceptors (Lipinski definition) is 3. The van der Waals surface area contributed by atoms with Crippen molar-refractivity contribution in [3.8, 4) is 5.75 Å². The van der Waals surface area contributed by atoms with Crippen molar-refractivity contribution in [3.05, 3.63) is 29.8 Å². The predicted molar refractivity (Wildman–Crippen MR) is 101 cm³/mol. The second kappa shape index (κ2) is 10.6. The lowest BCUT2D eigenvalue weighted by Crippen LogP contribution is -2.46. The van der Waals surface area contributed by atoms with Crippen molar-refractivity contribution < 1.29 is 9.53 Å². The van der Waals surface area contributed by atoms with Crippen molar-refractivity contribution in [1.29, 1.82) is 0 Å². The van der Waals surface area contributed by atoms with Gasteiger partial charge in [-0.3, -0.25) is 4.79 Å². The number of halogens is 1. The van der Waals surface area contributed by atoms with Crippen molar-refractivity contribution >= 4 is 18.3 Å². The Morgan fingerprint density at radius 2 is 2.00 bits per heavy atom. The lowest BCUT2D eigenvalue weighted by Gasteiger charge is -2.35. The van der Waals surface area contributed by atoms with Gasteiger partial charge in [0.1, 0.15) is 5.75 Å². The Kier molecular flexibility index (Phi) is 9.16. The fourth-order valence-electron chi connectivity index (χ4n) is 3.43. The van der Waals surface area contributed by atoms with Gasteiger partial charge in [-0.2, -0.15) is 0 Å². The van der Waals surface area contributed by atoms with Crippen molar-refractivity contribution in [3.63, 3.8) is 0 Å². The molecular weight excluding hydrogens is 324 g/mol. The molecular formula is C19H31ClN2O2. The zero-order valence-electron chi connectivity index (χ0n) is 15.1. The first-order chi connectivity index (χ1) is 11.2. The smallest absolute Gasteiger partial charge is 0.223 e. The van der Waals surface area contributed by atoms with Crippen LogP contribution in [0, 0.1) is 0 Å². The zero-order chi connectivity index (χ0) is 16.7. The number of para-hydroxylation sites is 1. The molecule has 0 radical (unpaired) electrons. The topological polar surface area (TPSA) is 41.6 Å². The fraction of sp³-hybridized carbons (Fsp3) is 0.632. The third-order valence-electron chi connectivity index (χ3n) is 4.68. The van der Waals surface area contributed by atoms with Crippen LogP contribution >= 0.6 is 12.4 Å². The number of piperidine rings is 1. The van der Waals surface area contributed by atoms with E-state index in [1.165, 1.54) is 0 Å². The minimum Gasteiger partial charge on any atom is -0.496 e. The van der Waals surface area contributed by atoms with E-state index in [2.05, 4.69) is 30.1 Å². The molecule has 1 aliphatic rings. The van der Waals surface area contributed by atoms with Crippen LogP contribution in [0.5, 0.6) is 5.75 Å². The van der Waals surface area contributed by atoms with E-state index in [0.717, 1.165) is 50.2 Å². The summed E-state index contributed by atoms with van der Waals surface area (Å²) in [5, 5.41) is 3.38. The van der Waals surface area contributed by atoms with Crippen LogP contribution in [0.2, 0.25) is 0 Å². The van der Waals surface area contributed by atoms with Gasteiger partial charge in [0.05, 0.1) is 7.11 Å². The largest absolute Gasteiger partial charge is 0.496 e. The third-order valence-corrected chi connectivity index (χ3v) is 4.68. The second-order valence-corrected chi connectivity index (χ2v) is 6.42. The number of methoxy groups -OCH3 is 1. The van der Waals surface area contributed by atoms with E-state index in [1.54, 1.807) is 7.11 Å². The lowest BCUT2D eigenvalue weighted by molar-refractivity contribution is -0.134. The summed E-state index contributed by atoms with van der Waals surface area (Å²) in [6.45, 7) is 7.15. The van der Waals surface area contributed by atoms with Crippen molar-refractivity contribution in [2.24, 2.45) is 0 Å². The van der Waals surface area contributed by atoms with Gasteiger partial charge in [-0.1, -0.05) is 32.0 Å². The van der Waals surface area contributed by atoms with E-state index in [1.807, 2.05) is 18.2 Å². The third kappa shape index (κ3) is 5.38. The maximum absolute atomic E-state index is 12.9. The van der Waals surface area contributed by atoms with Gasteiger partial charge < -0.3 is 15.0 Å². The molecule has 136 valence electrons. The number of amides is 1. The second-order valence-electron chi connectivity index (χ2n) is 6.42. The summed E-state index contributed by atoms with van der Waals surface area (Å²) >= 11 is 0. The fourth-order valence-corrected chi connectivity index (χ4v) is 3.43. The number of nitrogens with one attached hydrogen (secondary N) is 1. The molecule has 1 amide bonds. The monoisotopic (exact) mass is 354 g/mol. The van der Waals surface area contributed by atoms with Crippen LogP contribution in [0.3, 0.4) is 0 Å². The van der Waals surface area contributed by atoms with Gasteiger partial charge in [0.2, 0.25) is 5.91 Å². The van der Waals surface area contributed by atoms with Crippen LogP contribution in [-0.2, 0) is 4.79 Å². The van der Waals surface area contributed by atoms with Crippen LogP contribution in [-0.4, -0.2) is 43.6 Å². The summed E-state index contributed by atoms with van der Waals surface area (Å²) < 4.78 is 5.44. The highest BCUT2D eigenvalue weighted by atomic mass is 35.5. The van der Waals surface area contributed by atoms with Crippen LogP contribution < -0.4 is 10.1 Å². The number of benzene rings is 1. The molecule has 1 fully saturated rings. The Balaban J connectivity index is 0.00000288. The molecule has 4 nitrogen and oxygen atoms in total. The molecule has 1 aromatic rings. The Labute approximate surface area is 152 Å². The van der Waals surface area contributed by atoms with Gasteiger partial charge in [-0.05, 0) is 49.9 Å². The average Bonchev–Trinajstić information content (AvgIpc) is 2.60. The molecule has 5 heteroatoms. The molecule has 24 heavy (non-hydrogen) atoms. The standard InChI is InChI=1S/C19H30N2O2.ClH/c1-4-13-21(16-9-11-20-12-10-16)19(22)14-15(2)17-7-5-6-8-18(17)23-3;/h5-8,15-16,20H,4,9-14H2,1-3H3;1H. The van der Waals surface area contributed by atoms with Gasteiger partial charge in [0.15, 0.2) is 0 Å². The summed E-state index contributed by atoms with van der Waals surface area (Å²) in [5.41, 5.74) is 1.12. The molecule has 0 bridgehead atoms. The molecule has 1 atom stereocenters. The summed E-state index contributed by atoms with van der Waals surface area (Å²) in [5.74, 6) is 1.31. The minimum absolute atomic E-state index is 0. The molecule has 0 aromatic heterocycles. The van der Waals surface area contributed by atoms with E-state index < -0.39 is 0 Å². The molecule has 0 aliphatic carbocycles. The summed E-state index contributed by atoms with van der Waals surface area (Å²) in [6, 6.07) is 8.40. The number of hydrogen-bond donors (Lipinski definition) is 1. The van der Waals surface area contributed by atoms with Crippen molar-refractivity contribution in [2.75, 3.05) is 26.7 Å². The molecule has 1 aliphatic heterocycles. The maximum Gasteiger partial charge on any atom is 0.223 e. The first kappa shape index (κ1) is 20.8. The first-order valence-electron chi connectivity index (χ1n) is 8.80. The molecule has 1 aromatic carbocycles. The minimum atomic E-state index is 0. The van der Waals surface area contributed by atoms with Crippen molar-refractivity contribution in [2.45, 2.75) is 51.5 Å². The van der Waals surface area contributed by atoms with Gasteiger partial charge in [0, 0.05) is 19.0 Å². The van der Waals surface area contributed by atoms with Crippen LogP contribution in [0.25, 0.3) is 0 Å². The predicted octanol–water partition coefficient (Wildman–Crippen LogP) is 3.60. The highest BCUT2D eigenvalue weighted by Gasteiger charge is 2.26. The van der Waals surface area contributed by atoms with Crippen LogP contribution in [0.1, 0.15) is 51.0 Å². The number of carbonyl (C=O) groups excluding carboxylic acids is 1.